The number of amides is 1. The zero-order valence-electron chi connectivity index (χ0n) is 19.0. The Kier molecular flexibility index (Phi) is 6.90. The Morgan fingerprint density at radius 2 is 1.91 bits per heavy atom. The van der Waals surface area contributed by atoms with Gasteiger partial charge in [-0.1, -0.05) is 30.7 Å². The van der Waals surface area contributed by atoms with Crippen LogP contribution in [0.5, 0.6) is 0 Å². The molecule has 8 nitrogen and oxygen atoms in total. The van der Waals surface area contributed by atoms with Gasteiger partial charge in [-0.2, -0.15) is 0 Å². The van der Waals surface area contributed by atoms with Crippen LogP contribution in [0.2, 0.25) is 0 Å². The lowest BCUT2D eigenvalue weighted by Crippen LogP contribution is -2.28. The summed E-state index contributed by atoms with van der Waals surface area (Å²) in [5.74, 6) is 1.55. The highest BCUT2D eigenvalue weighted by molar-refractivity contribution is 7.89. The summed E-state index contributed by atoms with van der Waals surface area (Å²) >= 11 is 0. The van der Waals surface area contributed by atoms with Gasteiger partial charge in [-0.15, -0.1) is 10.2 Å². The Morgan fingerprint density at radius 3 is 2.76 bits per heavy atom. The van der Waals surface area contributed by atoms with Gasteiger partial charge in [0.15, 0.2) is 5.82 Å². The molecule has 1 aliphatic heterocycles. The normalized spacial score (nSPS) is 13.9. The topological polar surface area (TPSA) is 106 Å². The summed E-state index contributed by atoms with van der Waals surface area (Å²) in [5.41, 5.74) is 3.06. The fraction of sp³-hybridized carbons (Fsp3) is 0.375. The molecule has 0 radical (unpaired) electrons. The van der Waals surface area contributed by atoms with E-state index in [0.29, 0.717) is 11.3 Å². The molecule has 0 bridgehead atoms. The molecular formula is C24H29N5O3S. The SMILES string of the molecule is Cc1ccc(C)c(S(=O)(=O)NCCC(=O)Nc2cccc(-c3nnc4n3CCCCC4)c2)c1. The molecule has 1 aromatic heterocycles. The fourth-order valence-corrected chi connectivity index (χ4v) is 5.39. The second-order valence-electron chi connectivity index (χ2n) is 8.45. The van der Waals surface area contributed by atoms with Gasteiger partial charge in [0.2, 0.25) is 15.9 Å². The molecule has 0 atom stereocenters. The van der Waals surface area contributed by atoms with E-state index in [1.807, 2.05) is 31.2 Å². The van der Waals surface area contributed by atoms with Crippen molar-refractivity contribution in [2.75, 3.05) is 11.9 Å². The number of sulfonamides is 1. The molecule has 0 saturated carbocycles. The third-order valence-electron chi connectivity index (χ3n) is 5.79. The van der Waals surface area contributed by atoms with E-state index >= 15 is 0 Å². The van der Waals surface area contributed by atoms with Gasteiger partial charge in [-0.05, 0) is 56.0 Å². The number of anilines is 1. The van der Waals surface area contributed by atoms with E-state index < -0.39 is 10.0 Å². The summed E-state index contributed by atoms with van der Waals surface area (Å²) in [6.07, 6.45) is 4.37. The Balaban J connectivity index is 1.38. The average Bonchev–Trinajstić information content (AvgIpc) is 3.03. The van der Waals surface area contributed by atoms with E-state index in [-0.39, 0.29) is 23.8 Å². The van der Waals surface area contributed by atoms with Crippen LogP contribution in [0.25, 0.3) is 11.4 Å². The number of hydrogen-bond acceptors (Lipinski definition) is 5. The molecule has 9 heteroatoms. The number of fused-ring (bicyclic) bond motifs is 1. The highest BCUT2D eigenvalue weighted by Crippen LogP contribution is 2.25. The monoisotopic (exact) mass is 467 g/mol. The van der Waals surface area contributed by atoms with Crippen molar-refractivity contribution in [3.05, 3.63) is 59.4 Å². The number of aromatic nitrogens is 3. The quantitative estimate of drug-likeness (QED) is 0.552. The summed E-state index contributed by atoms with van der Waals surface area (Å²) in [6.45, 7) is 4.51. The van der Waals surface area contributed by atoms with E-state index in [1.165, 1.54) is 6.42 Å². The standard InChI is InChI=1S/C24H29N5O3S/c1-17-10-11-18(2)21(15-17)33(31,32)25-13-12-23(30)26-20-8-6-7-19(16-20)24-28-27-22-9-4-3-5-14-29(22)24/h6-8,10-11,15-16,25H,3-5,9,12-14H2,1-2H3,(H,26,30). The van der Waals surface area contributed by atoms with Crippen LogP contribution in [0.3, 0.4) is 0 Å². The van der Waals surface area contributed by atoms with Crippen LogP contribution in [0.4, 0.5) is 5.69 Å². The molecule has 0 aliphatic carbocycles. The smallest absolute Gasteiger partial charge is 0.240 e. The molecule has 4 rings (SSSR count). The van der Waals surface area contributed by atoms with Crippen molar-refractivity contribution in [3.8, 4) is 11.4 Å². The van der Waals surface area contributed by atoms with E-state index in [1.54, 1.807) is 25.1 Å². The molecule has 33 heavy (non-hydrogen) atoms. The largest absolute Gasteiger partial charge is 0.326 e. The lowest BCUT2D eigenvalue weighted by molar-refractivity contribution is -0.116. The van der Waals surface area contributed by atoms with Crippen LogP contribution >= 0.6 is 0 Å². The van der Waals surface area contributed by atoms with Gasteiger partial charge in [0.1, 0.15) is 5.82 Å². The predicted octanol–water partition coefficient (Wildman–Crippen LogP) is 3.60. The number of hydrogen-bond donors (Lipinski definition) is 2. The molecular weight excluding hydrogens is 438 g/mol. The molecule has 0 saturated heterocycles. The summed E-state index contributed by atoms with van der Waals surface area (Å²) in [7, 11) is -3.68. The van der Waals surface area contributed by atoms with E-state index in [0.717, 1.165) is 48.6 Å². The van der Waals surface area contributed by atoms with Crippen molar-refractivity contribution >= 4 is 21.6 Å². The maximum absolute atomic E-state index is 12.6. The molecule has 0 fully saturated rings. The van der Waals surface area contributed by atoms with Crippen molar-refractivity contribution in [2.24, 2.45) is 0 Å². The number of carbonyl (C=O) groups excluding carboxylic acids is 1. The molecule has 3 aromatic rings. The number of carbonyl (C=O) groups is 1. The Labute approximate surface area is 194 Å². The van der Waals surface area contributed by atoms with Gasteiger partial charge in [0, 0.05) is 37.2 Å². The lowest BCUT2D eigenvalue weighted by atomic mass is 10.2. The molecule has 1 aliphatic rings. The van der Waals surface area contributed by atoms with Crippen LogP contribution in [-0.4, -0.2) is 35.6 Å². The first-order chi connectivity index (χ1) is 15.8. The van der Waals surface area contributed by atoms with E-state index in [9.17, 15) is 13.2 Å². The van der Waals surface area contributed by atoms with Gasteiger partial charge in [0.05, 0.1) is 4.90 Å². The third kappa shape index (κ3) is 5.48. The van der Waals surface area contributed by atoms with Crippen molar-refractivity contribution < 1.29 is 13.2 Å². The van der Waals surface area contributed by atoms with Gasteiger partial charge < -0.3 is 9.88 Å². The third-order valence-corrected chi connectivity index (χ3v) is 7.39. The van der Waals surface area contributed by atoms with Gasteiger partial charge in [-0.3, -0.25) is 4.79 Å². The van der Waals surface area contributed by atoms with Crippen LogP contribution in [0.15, 0.2) is 47.4 Å². The Morgan fingerprint density at radius 1 is 1.06 bits per heavy atom. The minimum Gasteiger partial charge on any atom is -0.326 e. The van der Waals surface area contributed by atoms with Crippen molar-refractivity contribution in [2.45, 2.75) is 57.4 Å². The highest BCUT2D eigenvalue weighted by atomic mass is 32.2. The summed E-state index contributed by atoms with van der Waals surface area (Å²) in [4.78, 5) is 12.7. The first-order valence-electron chi connectivity index (χ1n) is 11.2. The number of aryl methyl sites for hydroxylation is 3. The summed E-state index contributed by atoms with van der Waals surface area (Å²) < 4.78 is 29.9. The number of nitrogens with zero attached hydrogens (tertiary/aromatic N) is 3. The second-order valence-corrected chi connectivity index (χ2v) is 10.2. The number of nitrogens with one attached hydrogen (secondary N) is 2. The average molecular weight is 468 g/mol. The number of benzene rings is 2. The molecule has 2 heterocycles. The minimum atomic E-state index is -3.68. The fourth-order valence-electron chi connectivity index (χ4n) is 4.03. The van der Waals surface area contributed by atoms with Gasteiger partial charge in [0.25, 0.3) is 0 Å². The Hall–Kier alpha value is -3.04. The number of rotatable bonds is 7. The molecule has 1 amide bonds. The van der Waals surface area contributed by atoms with E-state index in [4.69, 9.17) is 0 Å². The van der Waals surface area contributed by atoms with Crippen LogP contribution in [0.1, 0.15) is 42.6 Å². The molecule has 2 N–H and O–H groups in total. The lowest BCUT2D eigenvalue weighted by Gasteiger charge is -2.11. The van der Waals surface area contributed by atoms with Crippen molar-refractivity contribution in [1.82, 2.24) is 19.5 Å². The van der Waals surface area contributed by atoms with E-state index in [2.05, 4.69) is 24.8 Å². The zero-order valence-corrected chi connectivity index (χ0v) is 19.8. The highest BCUT2D eigenvalue weighted by Gasteiger charge is 2.18. The molecule has 0 unspecified atom stereocenters. The summed E-state index contributed by atoms with van der Waals surface area (Å²) in [6, 6.07) is 12.8. The first-order valence-corrected chi connectivity index (χ1v) is 12.7. The Bertz CT molecular complexity index is 1270. The maximum Gasteiger partial charge on any atom is 0.240 e. The molecule has 0 spiro atoms. The predicted molar refractivity (Wildman–Crippen MR) is 127 cm³/mol. The summed E-state index contributed by atoms with van der Waals surface area (Å²) in [5, 5.41) is 11.6. The van der Waals surface area contributed by atoms with Gasteiger partial charge in [-0.25, -0.2) is 13.1 Å². The van der Waals surface area contributed by atoms with Crippen LogP contribution in [0, 0.1) is 13.8 Å². The van der Waals surface area contributed by atoms with Crippen LogP contribution in [-0.2, 0) is 27.8 Å². The zero-order chi connectivity index (χ0) is 23.4. The van der Waals surface area contributed by atoms with Crippen molar-refractivity contribution in [3.63, 3.8) is 0 Å². The first kappa shape index (κ1) is 23.1. The van der Waals surface area contributed by atoms with Gasteiger partial charge >= 0.3 is 0 Å². The maximum atomic E-state index is 12.6. The van der Waals surface area contributed by atoms with Crippen LogP contribution < -0.4 is 10.0 Å². The molecule has 2 aromatic carbocycles. The van der Waals surface area contributed by atoms with Crippen molar-refractivity contribution in [1.29, 1.82) is 0 Å². The molecule has 174 valence electrons. The second kappa shape index (κ2) is 9.84. The minimum absolute atomic E-state index is 0.0128.